The number of fused-ring (bicyclic) bond motifs is 1. The molecule has 2 aromatic heterocycles. The molecule has 0 atom stereocenters. The molecule has 96 valence electrons. The number of hydrogen-bond donors (Lipinski definition) is 0. The van der Waals surface area contributed by atoms with E-state index in [1.54, 1.807) is 16.9 Å². The first kappa shape index (κ1) is 11.7. The van der Waals surface area contributed by atoms with Gasteiger partial charge in [0.25, 0.3) is 0 Å². The monoisotopic (exact) mass is 254 g/mol. The molecule has 0 radical (unpaired) electrons. The van der Waals surface area contributed by atoms with Crippen molar-refractivity contribution in [1.29, 1.82) is 0 Å². The molecule has 0 aliphatic rings. The maximum atomic E-state index is 12.4. The van der Waals surface area contributed by atoms with Gasteiger partial charge in [-0.05, 0) is 25.5 Å². The van der Waals surface area contributed by atoms with Crippen molar-refractivity contribution in [2.75, 3.05) is 0 Å². The average molecular weight is 254 g/mol. The van der Waals surface area contributed by atoms with Crippen LogP contribution in [0, 0.1) is 13.8 Å². The lowest BCUT2D eigenvalue weighted by molar-refractivity contribution is 0.101. The molecule has 0 amide bonds. The third-order valence-corrected chi connectivity index (χ3v) is 3.44. The summed E-state index contributed by atoms with van der Waals surface area (Å²) in [5.74, 6) is 0.238. The minimum absolute atomic E-state index is 0.124. The van der Waals surface area contributed by atoms with Crippen molar-refractivity contribution in [3.63, 3.8) is 0 Å². The Morgan fingerprint density at radius 3 is 2.74 bits per heavy atom. The van der Waals surface area contributed by atoms with Crippen molar-refractivity contribution < 1.29 is 9.21 Å². The number of aromatic nitrogens is 2. The second-order valence-electron chi connectivity index (χ2n) is 4.70. The summed E-state index contributed by atoms with van der Waals surface area (Å²) >= 11 is 0. The van der Waals surface area contributed by atoms with Gasteiger partial charge in [-0.3, -0.25) is 9.48 Å². The predicted molar refractivity (Wildman–Crippen MR) is 72.3 cm³/mol. The summed E-state index contributed by atoms with van der Waals surface area (Å²) in [5.41, 5.74) is 3.22. The van der Waals surface area contributed by atoms with Crippen LogP contribution in [0.3, 0.4) is 0 Å². The minimum atomic E-state index is -0.124. The summed E-state index contributed by atoms with van der Waals surface area (Å²) in [6, 6.07) is 7.65. The number of carbonyl (C=O) groups excluding carboxylic acids is 1. The van der Waals surface area contributed by atoms with E-state index in [9.17, 15) is 4.79 Å². The Hall–Kier alpha value is -2.36. The zero-order valence-corrected chi connectivity index (χ0v) is 11.1. The summed E-state index contributed by atoms with van der Waals surface area (Å²) in [4.78, 5) is 12.4. The van der Waals surface area contributed by atoms with Crippen LogP contribution in [0.2, 0.25) is 0 Å². The lowest BCUT2D eigenvalue weighted by atomic mass is 10.1. The molecule has 0 aliphatic heterocycles. The molecular formula is C15H14N2O2. The van der Waals surface area contributed by atoms with Gasteiger partial charge < -0.3 is 4.42 Å². The van der Waals surface area contributed by atoms with E-state index in [-0.39, 0.29) is 5.78 Å². The highest BCUT2D eigenvalue weighted by molar-refractivity contribution is 6.09. The van der Waals surface area contributed by atoms with Crippen LogP contribution in [0.1, 0.15) is 27.4 Å². The van der Waals surface area contributed by atoms with E-state index in [1.165, 1.54) is 0 Å². The first-order valence-corrected chi connectivity index (χ1v) is 6.10. The van der Waals surface area contributed by atoms with Crippen molar-refractivity contribution in [1.82, 2.24) is 9.78 Å². The first-order chi connectivity index (χ1) is 9.08. The molecule has 0 saturated carbocycles. The number of para-hydroxylation sites is 1. The second kappa shape index (κ2) is 4.09. The molecule has 2 heterocycles. The summed E-state index contributed by atoms with van der Waals surface area (Å²) in [6.45, 7) is 3.84. The van der Waals surface area contributed by atoms with Crippen molar-refractivity contribution >= 4 is 16.8 Å². The zero-order valence-electron chi connectivity index (χ0n) is 11.1. The summed E-state index contributed by atoms with van der Waals surface area (Å²) < 4.78 is 7.37. The fourth-order valence-corrected chi connectivity index (χ4v) is 2.18. The van der Waals surface area contributed by atoms with Gasteiger partial charge in [0.2, 0.25) is 5.78 Å². The van der Waals surface area contributed by atoms with Gasteiger partial charge in [-0.15, -0.1) is 0 Å². The molecule has 4 heteroatoms. The summed E-state index contributed by atoms with van der Waals surface area (Å²) in [5, 5.41) is 5.04. The van der Waals surface area contributed by atoms with E-state index in [4.69, 9.17) is 4.42 Å². The number of carbonyl (C=O) groups is 1. The van der Waals surface area contributed by atoms with Crippen molar-refractivity contribution in [2.45, 2.75) is 13.8 Å². The molecule has 4 nitrogen and oxygen atoms in total. The fraction of sp³-hybridized carbons (Fsp3) is 0.200. The normalized spacial score (nSPS) is 11.1. The van der Waals surface area contributed by atoms with E-state index in [0.29, 0.717) is 11.3 Å². The Kier molecular flexibility index (Phi) is 2.52. The Balaban J connectivity index is 2.12. The van der Waals surface area contributed by atoms with Crippen molar-refractivity contribution in [3.05, 3.63) is 53.0 Å². The zero-order chi connectivity index (χ0) is 13.6. The van der Waals surface area contributed by atoms with Crippen molar-refractivity contribution in [2.24, 2.45) is 7.05 Å². The molecular weight excluding hydrogens is 240 g/mol. The smallest absolute Gasteiger partial charge is 0.231 e. The van der Waals surface area contributed by atoms with Crippen LogP contribution in [-0.2, 0) is 7.05 Å². The van der Waals surface area contributed by atoms with Crippen LogP contribution in [0.4, 0.5) is 0 Å². The molecule has 19 heavy (non-hydrogen) atoms. The lowest BCUT2D eigenvalue weighted by Gasteiger charge is -1.97. The van der Waals surface area contributed by atoms with Gasteiger partial charge in [-0.1, -0.05) is 18.2 Å². The second-order valence-corrected chi connectivity index (χ2v) is 4.70. The Morgan fingerprint density at radius 2 is 2.11 bits per heavy atom. The summed E-state index contributed by atoms with van der Waals surface area (Å²) in [7, 11) is 1.81. The quantitative estimate of drug-likeness (QED) is 0.660. The van der Waals surface area contributed by atoms with Crippen LogP contribution < -0.4 is 0 Å². The van der Waals surface area contributed by atoms with E-state index in [1.807, 2.05) is 39.1 Å². The summed E-state index contributed by atoms with van der Waals surface area (Å²) in [6.07, 6.45) is 1.58. The van der Waals surface area contributed by atoms with E-state index in [0.717, 1.165) is 22.2 Å². The molecule has 1 aromatic carbocycles. The first-order valence-electron chi connectivity index (χ1n) is 6.10. The largest absolute Gasteiger partial charge is 0.452 e. The lowest BCUT2D eigenvalue weighted by Crippen LogP contribution is -2.02. The SMILES string of the molecule is Cc1cccc2cc(C(=O)c3cnn(C)c3C)oc12. The van der Waals surface area contributed by atoms with E-state index in [2.05, 4.69) is 5.10 Å². The van der Waals surface area contributed by atoms with Crippen LogP contribution in [0.5, 0.6) is 0 Å². The maximum absolute atomic E-state index is 12.4. The topological polar surface area (TPSA) is 48.0 Å². The van der Waals surface area contributed by atoms with Gasteiger partial charge in [0, 0.05) is 18.1 Å². The minimum Gasteiger partial charge on any atom is -0.452 e. The molecule has 0 bridgehead atoms. The van der Waals surface area contributed by atoms with Gasteiger partial charge in [0.15, 0.2) is 5.76 Å². The van der Waals surface area contributed by atoms with Crippen LogP contribution >= 0.6 is 0 Å². The van der Waals surface area contributed by atoms with Gasteiger partial charge in [0.05, 0.1) is 11.8 Å². The van der Waals surface area contributed by atoms with Gasteiger partial charge >= 0.3 is 0 Å². The highest BCUT2D eigenvalue weighted by Gasteiger charge is 2.19. The van der Waals surface area contributed by atoms with Crippen LogP contribution in [0.25, 0.3) is 11.0 Å². The predicted octanol–water partition coefficient (Wildman–Crippen LogP) is 3.01. The number of hydrogen-bond acceptors (Lipinski definition) is 3. The van der Waals surface area contributed by atoms with Gasteiger partial charge in [-0.25, -0.2) is 0 Å². The Morgan fingerprint density at radius 1 is 1.32 bits per heavy atom. The molecule has 3 aromatic rings. The third kappa shape index (κ3) is 1.76. The molecule has 0 saturated heterocycles. The molecule has 0 spiro atoms. The molecule has 0 fully saturated rings. The third-order valence-electron chi connectivity index (χ3n) is 3.44. The van der Waals surface area contributed by atoms with E-state index >= 15 is 0 Å². The number of benzene rings is 1. The fourth-order valence-electron chi connectivity index (χ4n) is 2.18. The standard InChI is InChI=1S/C15H14N2O2/c1-9-5-4-6-11-7-13(19-15(9)11)14(18)12-8-16-17(3)10(12)2/h4-8H,1-3H3. The van der Waals surface area contributed by atoms with Gasteiger partial charge in [0.1, 0.15) is 5.58 Å². The average Bonchev–Trinajstić information content (AvgIpc) is 2.95. The highest BCUT2D eigenvalue weighted by Crippen LogP contribution is 2.24. The molecule has 0 N–H and O–H groups in total. The molecule has 3 rings (SSSR count). The van der Waals surface area contributed by atoms with Gasteiger partial charge in [-0.2, -0.15) is 5.10 Å². The Bertz CT molecular complexity index is 781. The van der Waals surface area contributed by atoms with E-state index < -0.39 is 0 Å². The molecule has 0 unspecified atom stereocenters. The Labute approximate surface area is 110 Å². The number of ketones is 1. The number of furan rings is 1. The van der Waals surface area contributed by atoms with Crippen LogP contribution in [-0.4, -0.2) is 15.6 Å². The number of aryl methyl sites for hydroxylation is 2. The highest BCUT2D eigenvalue weighted by atomic mass is 16.3. The number of nitrogens with zero attached hydrogens (tertiary/aromatic N) is 2. The number of rotatable bonds is 2. The van der Waals surface area contributed by atoms with Crippen LogP contribution in [0.15, 0.2) is 34.9 Å². The van der Waals surface area contributed by atoms with Crippen molar-refractivity contribution in [3.8, 4) is 0 Å². The maximum Gasteiger partial charge on any atom is 0.231 e. The molecule has 0 aliphatic carbocycles.